The molecule has 0 spiro atoms. The van der Waals surface area contributed by atoms with Crippen molar-refractivity contribution in [3.63, 3.8) is 0 Å². The molecule has 114 valence electrons. The van der Waals surface area contributed by atoms with Crippen LogP contribution < -0.4 is 5.32 Å². The average molecular weight is 281 g/mol. The summed E-state index contributed by atoms with van der Waals surface area (Å²) in [6, 6.07) is 0.200. The van der Waals surface area contributed by atoms with E-state index < -0.39 is 12.6 Å². The average Bonchev–Trinajstić information content (AvgIpc) is 2.83. The van der Waals surface area contributed by atoms with E-state index in [4.69, 9.17) is 4.74 Å². The van der Waals surface area contributed by atoms with E-state index in [0.717, 1.165) is 45.3 Å². The van der Waals surface area contributed by atoms with Crippen LogP contribution in [-0.2, 0) is 4.74 Å². The minimum atomic E-state index is -4.02. The molecule has 1 aliphatic heterocycles. The predicted molar refractivity (Wildman–Crippen MR) is 70.2 cm³/mol. The maximum absolute atomic E-state index is 12.1. The predicted octanol–water partition coefficient (Wildman–Crippen LogP) is 4.05. The minimum Gasteiger partial charge on any atom is -0.378 e. The van der Waals surface area contributed by atoms with Crippen LogP contribution in [0.25, 0.3) is 0 Å². The van der Waals surface area contributed by atoms with Gasteiger partial charge in [-0.15, -0.1) is 0 Å². The molecule has 0 bridgehead atoms. The Morgan fingerprint density at radius 3 is 2.68 bits per heavy atom. The Kier molecular flexibility index (Phi) is 7.76. The molecule has 1 saturated heterocycles. The van der Waals surface area contributed by atoms with Gasteiger partial charge in [0.1, 0.15) is 0 Å². The molecule has 5 heteroatoms. The standard InChI is InChI=1S/C14H26F3NO/c1-2-10-18-12(5-3-9-14(15,16)17)7-8-13-6-4-11-19-13/h12-13,18H,2-11H2,1H3. The number of halogens is 3. The van der Waals surface area contributed by atoms with Gasteiger partial charge in [-0.1, -0.05) is 6.92 Å². The second-order valence-corrected chi connectivity index (χ2v) is 5.37. The van der Waals surface area contributed by atoms with Crippen molar-refractivity contribution < 1.29 is 17.9 Å². The first-order valence-electron chi connectivity index (χ1n) is 7.43. The van der Waals surface area contributed by atoms with Crippen molar-refractivity contribution in [1.29, 1.82) is 0 Å². The SMILES string of the molecule is CCCNC(CCCC(F)(F)F)CCC1CCCO1. The first-order chi connectivity index (χ1) is 9.01. The van der Waals surface area contributed by atoms with Crippen LogP contribution in [0.4, 0.5) is 13.2 Å². The lowest BCUT2D eigenvalue weighted by Gasteiger charge is -2.20. The van der Waals surface area contributed by atoms with E-state index in [-0.39, 0.29) is 12.5 Å². The Morgan fingerprint density at radius 1 is 1.32 bits per heavy atom. The summed E-state index contributed by atoms with van der Waals surface area (Å²) < 4.78 is 42.0. The molecule has 2 nitrogen and oxygen atoms in total. The van der Waals surface area contributed by atoms with Crippen LogP contribution in [0, 0.1) is 0 Å². The van der Waals surface area contributed by atoms with Crippen LogP contribution in [0.15, 0.2) is 0 Å². The number of rotatable bonds is 9. The van der Waals surface area contributed by atoms with Gasteiger partial charge in [0, 0.05) is 19.1 Å². The fourth-order valence-electron chi connectivity index (χ4n) is 2.50. The molecule has 0 radical (unpaired) electrons. The molecule has 0 aliphatic carbocycles. The van der Waals surface area contributed by atoms with Crippen LogP contribution in [0.2, 0.25) is 0 Å². The Bertz CT molecular complexity index is 227. The highest BCUT2D eigenvalue weighted by Crippen LogP contribution is 2.24. The van der Waals surface area contributed by atoms with Crippen LogP contribution in [-0.4, -0.2) is 31.5 Å². The number of hydrogen-bond acceptors (Lipinski definition) is 2. The first-order valence-corrected chi connectivity index (χ1v) is 7.43. The van der Waals surface area contributed by atoms with E-state index in [1.54, 1.807) is 0 Å². The number of hydrogen-bond donors (Lipinski definition) is 1. The maximum atomic E-state index is 12.1. The fourth-order valence-corrected chi connectivity index (χ4v) is 2.50. The van der Waals surface area contributed by atoms with Crippen LogP contribution in [0.3, 0.4) is 0 Å². The summed E-state index contributed by atoms with van der Waals surface area (Å²) in [5.74, 6) is 0. The smallest absolute Gasteiger partial charge is 0.378 e. The van der Waals surface area contributed by atoms with Gasteiger partial charge in [0.15, 0.2) is 0 Å². The zero-order chi connectivity index (χ0) is 14.1. The van der Waals surface area contributed by atoms with Crippen LogP contribution in [0.5, 0.6) is 0 Å². The van der Waals surface area contributed by atoms with Gasteiger partial charge in [-0.3, -0.25) is 0 Å². The molecular weight excluding hydrogens is 255 g/mol. The van der Waals surface area contributed by atoms with Gasteiger partial charge in [0.05, 0.1) is 6.10 Å². The lowest BCUT2D eigenvalue weighted by molar-refractivity contribution is -0.135. The van der Waals surface area contributed by atoms with Crippen molar-refractivity contribution in [2.75, 3.05) is 13.2 Å². The summed E-state index contributed by atoms with van der Waals surface area (Å²) in [6.45, 7) is 3.79. The molecule has 0 aromatic heterocycles. The summed E-state index contributed by atoms with van der Waals surface area (Å²) in [5.41, 5.74) is 0. The molecule has 1 heterocycles. The third-order valence-corrected chi connectivity index (χ3v) is 3.56. The van der Waals surface area contributed by atoms with E-state index in [2.05, 4.69) is 12.2 Å². The van der Waals surface area contributed by atoms with Crippen LogP contribution in [0.1, 0.15) is 58.3 Å². The third-order valence-electron chi connectivity index (χ3n) is 3.56. The van der Waals surface area contributed by atoms with E-state index >= 15 is 0 Å². The second-order valence-electron chi connectivity index (χ2n) is 5.37. The highest BCUT2D eigenvalue weighted by atomic mass is 19.4. The molecule has 0 aromatic carbocycles. The van der Waals surface area contributed by atoms with Gasteiger partial charge in [-0.2, -0.15) is 13.2 Å². The van der Waals surface area contributed by atoms with Gasteiger partial charge in [-0.05, 0) is 51.5 Å². The monoisotopic (exact) mass is 281 g/mol. The largest absolute Gasteiger partial charge is 0.389 e. The first kappa shape index (κ1) is 16.8. The summed E-state index contributed by atoms with van der Waals surface area (Å²) >= 11 is 0. The molecule has 1 rings (SSSR count). The maximum Gasteiger partial charge on any atom is 0.389 e. The van der Waals surface area contributed by atoms with Gasteiger partial charge in [-0.25, -0.2) is 0 Å². The summed E-state index contributed by atoms with van der Waals surface area (Å²) in [5, 5.41) is 3.36. The van der Waals surface area contributed by atoms with Crippen molar-refractivity contribution in [1.82, 2.24) is 5.32 Å². The lowest BCUT2D eigenvalue weighted by atomic mass is 10.0. The van der Waals surface area contributed by atoms with E-state index in [9.17, 15) is 13.2 Å². The van der Waals surface area contributed by atoms with Crippen LogP contribution >= 0.6 is 0 Å². The topological polar surface area (TPSA) is 21.3 Å². The van der Waals surface area contributed by atoms with Crippen molar-refractivity contribution >= 4 is 0 Å². The van der Waals surface area contributed by atoms with E-state index in [1.165, 1.54) is 0 Å². The highest BCUT2D eigenvalue weighted by Gasteiger charge is 2.27. The Labute approximate surface area is 114 Å². The summed E-state index contributed by atoms with van der Waals surface area (Å²) in [4.78, 5) is 0. The van der Waals surface area contributed by atoms with Gasteiger partial charge in [0.25, 0.3) is 0 Å². The molecule has 1 N–H and O–H groups in total. The molecule has 1 fully saturated rings. The van der Waals surface area contributed by atoms with Crippen molar-refractivity contribution in [3.05, 3.63) is 0 Å². The second kappa shape index (κ2) is 8.80. The third kappa shape index (κ3) is 8.47. The number of nitrogens with one attached hydrogen (secondary N) is 1. The lowest BCUT2D eigenvalue weighted by Crippen LogP contribution is -2.31. The molecule has 2 unspecified atom stereocenters. The molecule has 1 aliphatic rings. The quantitative estimate of drug-likeness (QED) is 0.688. The minimum absolute atomic E-state index is 0.200. The summed E-state index contributed by atoms with van der Waals surface area (Å²) in [6.07, 6.45) is 1.57. The van der Waals surface area contributed by atoms with Crippen molar-refractivity contribution in [3.8, 4) is 0 Å². The fraction of sp³-hybridized carbons (Fsp3) is 1.00. The molecular formula is C14H26F3NO. The number of ether oxygens (including phenoxy) is 1. The Morgan fingerprint density at radius 2 is 2.11 bits per heavy atom. The van der Waals surface area contributed by atoms with Gasteiger partial charge >= 0.3 is 6.18 Å². The zero-order valence-electron chi connectivity index (χ0n) is 11.8. The highest BCUT2D eigenvalue weighted by molar-refractivity contribution is 4.72. The van der Waals surface area contributed by atoms with Crippen molar-refractivity contribution in [2.45, 2.75) is 76.6 Å². The molecule has 19 heavy (non-hydrogen) atoms. The summed E-state index contributed by atoms with van der Waals surface area (Å²) in [7, 11) is 0. The van der Waals surface area contributed by atoms with Gasteiger partial charge < -0.3 is 10.1 Å². The Balaban J connectivity index is 2.20. The van der Waals surface area contributed by atoms with Gasteiger partial charge in [0.2, 0.25) is 0 Å². The molecule has 2 atom stereocenters. The Hall–Kier alpha value is -0.290. The van der Waals surface area contributed by atoms with E-state index in [1.807, 2.05) is 0 Å². The molecule has 0 aromatic rings. The van der Waals surface area contributed by atoms with Crippen molar-refractivity contribution in [2.24, 2.45) is 0 Å². The normalized spacial score (nSPS) is 21.8. The van der Waals surface area contributed by atoms with E-state index in [0.29, 0.717) is 12.5 Å². The number of alkyl halides is 3. The zero-order valence-corrected chi connectivity index (χ0v) is 11.8. The molecule has 0 amide bonds. The molecule has 0 saturated carbocycles.